The first kappa shape index (κ1) is 21.4. The average Bonchev–Trinajstić information content (AvgIpc) is 2.64. The molecule has 0 spiro atoms. The molecule has 28 heavy (non-hydrogen) atoms. The molecule has 7 nitrogen and oxygen atoms in total. The third-order valence-electron chi connectivity index (χ3n) is 3.84. The number of para-hydroxylation sites is 1. The smallest absolute Gasteiger partial charge is 0.341 e. The monoisotopic (exact) mass is 408 g/mol. The van der Waals surface area contributed by atoms with E-state index in [1.165, 1.54) is 44.2 Å². The van der Waals surface area contributed by atoms with Gasteiger partial charge in [0.15, 0.2) is 6.10 Å². The van der Waals surface area contributed by atoms with Crippen molar-refractivity contribution in [1.82, 2.24) is 5.32 Å². The van der Waals surface area contributed by atoms with Gasteiger partial charge in [0.2, 0.25) is 0 Å². The maximum absolute atomic E-state index is 13.4. The number of amides is 1. The molecular formula is C19H21FN2O5S. The third-order valence-corrected chi connectivity index (χ3v) is 5.20. The third kappa shape index (κ3) is 5.07. The molecule has 0 bridgehead atoms. The van der Waals surface area contributed by atoms with Crippen molar-refractivity contribution in [2.75, 3.05) is 11.3 Å². The number of carbonyl (C=O) groups is 2. The summed E-state index contributed by atoms with van der Waals surface area (Å²) in [4.78, 5) is 24.0. The molecule has 0 aliphatic rings. The molecule has 1 amide bonds. The van der Waals surface area contributed by atoms with Crippen LogP contribution in [0, 0.1) is 12.7 Å². The molecule has 9 heteroatoms. The number of nitrogens with one attached hydrogen (secondary N) is 2. The van der Waals surface area contributed by atoms with E-state index in [1.54, 1.807) is 6.92 Å². The summed E-state index contributed by atoms with van der Waals surface area (Å²) in [5.41, 5.74) is 0.102. The number of halogens is 1. The number of rotatable bonds is 7. The Bertz CT molecular complexity index is 992. The van der Waals surface area contributed by atoms with Crippen LogP contribution in [0.3, 0.4) is 0 Å². The highest BCUT2D eigenvalue weighted by molar-refractivity contribution is 7.92. The van der Waals surface area contributed by atoms with Crippen molar-refractivity contribution in [3.63, 3.8) is 0 Å². The van der Waals surface area contributed by atoms with Crippen molar-refractivity contribution in [3.05, 3.63) is 59.4 Å². The van der Waals surface area contributed by atoms with E-state index in [4.69, 9.17) is 4.74 Å². The number of likely N-dealkylation sites (N-methyl/N-ethyl adjacent to an activating group) is 1. The molecule has 2 aromatic carbocycles. The highest BCUT2D eigenvalue weighted by Gasteiger charge is 2.23. The SMILES string of the molecule is CCNC(=O)[C@@H](C)OC(=O)c1ccccc1NS(=O)(=O)c1ccc(F)c(C)c1. The van der Waals surface area contributed by atoms with Gasteiger partial charge < -0.3 is 10.1 Å². The first-order valence-corrected chi connectivity index (χ1v) is 10.0. The molecule has 0 radical (unpaired) electrons. The van der Waals surface area contributed by atoms with Crippen molar-refractivity contribution in [3.8, 4) is 0 Å². The lowest BCUT2D eigenvalue weighted by Crippen LogP contribution is -2.35. The van der Waals surface area contributed by atoms with Crippen molar-refractivity contribution in [2.45, 2.75) is 31.8 Å². The summed E-state index contributed by atoms with van der Waals surface area (Å²) in [6.45, 7) is 4.97. The quantitative estimate of drug-likeness (QED) is 0.686. The molecule has 1 atom stereocenters. The molecule has 0 aromatic heterocycles. The van der Waals surface area contributed by atoms with Crippen LogP contribution in [0.2, 0.25) is 0 Å². The molecule has 0 heterocycles. The van der Waals surface area contributed by atoms with Gasteiger partial charge in [0.1, 0.15) is 5.82 Å². The van der Waals surface area contributed by atoms with Gasteiger partial charge in [0.05, 0.1) is 16.1 Å². The predicted octanol–water partition coefficient (Wildman–Crippen LogP) is 2.62. The minimum atomic E-state index is -4.07. The zero-order valence-electron chi connectivity index (χ0n) is 15.7. The highest BCUT2D eigenvalue weighted by Crippen LogP contribution is 2.22. The number of benzene rings is 2. The van der Waals surface area contributed by atoms with E-state index >= 15 is 0 Å². The number of hydrogen-bond acceptors (Lipinski definition) is 5. The summed E-state index contributed by atoms with van der Waals surface area (Å²) in [6, 6.07) is 9.21. The number of sulfonamides is 1. The Kier molecular flexibility index (Phi) is 6.74. The number of aryl methyl sites for hydroxylation is 1. The maximum atomic E-state index is 13.4. The van der Waals surface area contributed by atoms with Crippen LogP contribution in [0.5, 0.6) is 0 Å². The van der Waals surface area contributed by atoms with Gasteiger partial charge >= 0.3 is 5.97 Å². The van der Waals surface area contributed by atoms with Crippen molar-refractivity contribution >= 4 is 27.6 Å². The van der Waals surface area contributed by atoms with E-state index in [9.17, 15) is 22.4 Å². The number of hydrogen-bond donors (Lipinski definition) is 2. The number of carbonyl (C=O) groups excluding carboxylic acids is 2. The van der Waals surface area contributed by atoms with Crippen LogP contribution < -0.4 is 10.0 Å². The Hall–Kier alpha value is -2.94. The molecule has 0 fully saturated rings. The largest absolute Gasteiger partial charge is 0.449 e. The van der Waals surface area contributed by atoms with Gasteiger partial charge in [-0.3, -0.25) is 9.52 Å². The Labute approximate surface area is 163 Å². The second kappa shape index (κ2) is 8.83. The lowest BCUT2D eigenvalue weighted by molar-refractivity contribution is -0.128. The molecular weight excluding hydrogens is 387 g/mol. The lowest BCUT2D eigenvalue weighted by atomic mass is 10.2. The fourth-order valence-corrected chi connectivity index (χ4v) is 3.50. The van der Waals surface area contributed by atoms with E-state index < -0.39 is 33.8 Å². The predicted molar refractivity (Wildman–Crippen MR) is 102 cm³/mol. The van der Waals surface area contributed by atoms with Gasteiger partial charge in [-0.25, -0.2) is 17.6 Å². The maximum Gasteiger partial charge on any atom is 0.341 e. The first-order valence-electron chi connectivity index (χ1n) is 8.52. The second-order valence-corrected chi connectivity index (χ2v) is 7.69. The summed E-state index contributed by atoms with van der Waals surface area (Å²) in [5.74, 6) is -1.84. The van der Waals surface area contributed by atoms with Gasteiger partial charge in [-0.15, -0.1) is 0 Å². The van der Waals surface area contributed by atoms with E-state index in [-0.39, 0.29) is 21.7 Å². The fourth-order valence-electron chi connectivity index (χ4n) is 2.33. The second-order valence-electron chi connectivity index (χ2n) is 6.00. The molecule has 2 aromatic rings. The Morgan fingerprint density at radius 3 is 2.50 bits per heavy atom. The number of anilines is 1. The zero-order chi connectivity index (χ0) is 20.9. The molecule has 2 N–H and O–H groups in total. The Balaban J connectivity index is 2.27. The standard InChI is InChI=1S/C19H21FN2O5S/c1-4-21-18(23)13(3)27-19(24)15-7-5-6-8-17(15)22-28(25,26)14-9-10-16(20)12(2)11-14/h5-11,13,22H,4H2,1-3H3,(H,21,23)/t13-/m1/s1. The summed E-state index contributed by atoms with van der Waals surface area (Å²) in [5, 5.41) is 2.53. The van der Waals surface area contributed by atoms with E-state index in [0.717, 1.165) is 12.1 Å². The molecule has 0 unspecified atom stereocenters. The van der Waals surface area contributed by atoms with Crippen LogP contribution in [0.25, 0.3) is 0 Å². The van der Waals surface area contributed by atoms with Crippen LogP contribution in [-0.4, -0.2) is 32.9 Å². The van der Waals surface area contributed by atoms with Crippen LogP contribution >= 0.6 is 0 Å². The van der Waals surface area contributed by atoms with Gasteiger partial charge in [-0.1, -0.05) is 12.1 Å². The molecule has 0 saturated heterocycles. The van der Waals surface area contributed by atoms with Crippen LogP contribution in [0.1, 0.15) is 29.8 Å². The van der Waals surface area contributed by atoms with Crippen molar-refractivity contribution < 1.29 is 27.1 Å². The minimum Gasteiger partial charge on any atom is -0.449 e. The molecule has 0 aliphatic heterocycles. The summed E-state index contributed by atoms with van der Waals surface area (Å²) >= 11 is 0. The molecule has 0 saturated carbocycles. The van der Waals surface area contributed by atoms with Crippen LogP contribution in [0.15, 0.2) is 47.4 Å². The van der Waals surface area contributed by atoms with Gasteiger partial charge in [0.25, 0.3) is 15.9 Å². The molecule has 150 valence electrons. The summed E-state index contributed by atoms with van der Waals surface area (Å²) < 4.78 is 46.0. The lowest BCUT2D eigenvalue weighted by Gasteiger charge is -2.15. The van der Waals surface area contributed by atoms with Gasteiger partial charge in [-0.2, -0.15) is 0 Å². The van der Waals surface area contributed by atoms with Gasteiger partial charge in [0, 0.05) is 6.54 Å². The normalized spacial score (nSPS) is 12.1. The minimum absolute atomic E-state index is 0.0161. The topological polar surface area (TPSA) is 102 Å². The summed E-state index contributed by atoms with van der Waals surface area (Å²) in [6.07, 6.45) is -1.04. The zero-order valence-corrected chi connectivity index (χ0v) is 16.5. The van der Waals surface area contributed by atoms with Gasteiger partial charge in [-0.05, 0) is 56.7 Å². The van der Waals surface area contributed by atoms with Crippen molar-refractivity contribution in [2.24, 2.45) is 0 Å². The average molecular weight is 408 g/mol. The summed E-state index contributed by atoms with van der Waals surface area (Å²) in [7, 11) is -4.07. The molecule has 2 rings (SSSR count). The Morgan fingerprint density at radius 1 is 1.18 bits per heavy atom. The van der Waals surface area contributed by atoms with E-state index in [0.29, 0.717) is 6.54 Å². The van der Waals surface area contributed by atoms with E-state index in [1.807, 2.05) is 0 Å². The van der Waals surface area contributed by atoms with E-state index in [2.05, 4.69) is 10.0 Å². The highest BCUT2D eigenvalue weighted by atomic mass is 32.2. The fraction of sp³-hybridized carbons (Fsp3) is 0.263. The first-order chi connectivity index (χ1) is 13.2. The van der Waals surface area contributed by atoms with Crippen LogP contribution in [-0.2, 0) is 19.6 Å². The Morgan fingerprint density at radius 2 is 1.86 bits per heavy atom. The number of ether oxygens (including phenoxy) is 1. The number of esters is 1. The van der Waals surface area contributed by atoms with Crippen molar-refractivity contribution in [1.29, 1.82) is 0 Å². The van der Waals surface area contributed by atoms with Crippen LogP contribution in [0.4, 0.5) is 10.1 Å². The molecule has 0 aliphatic carbocycles.